The van der Waals surface area contributed by atoms with Gasteiger partial charge in [-0.2, -0.15) is 0 Å². The number of nitrogens with one attached hydrogen (secondary N) is 1. The molecular weight excluding hydrogens is 402 g/mol. The van der Waals surface area contributed by atoms with E-state index in [0.717, 1.165) is 17.4 Å². The summed E-state index contributed by atoms with van der Waals surface area (Å²) < 4.78 is 53.3. The third-order valence-corrected chi connectivity index (χ3v) is 5.87. The van der Waals surface area contributed by atoms with E-state index < -0.39 is 26.6 Å². The van der Waals surface area contributed by atoms with E-state index in [9.17, 15) is 22.0 Å². The largest absolute Gasteiger partial charge is 0.294 e. The molecule has 0 saturated heterocycles. The Balaban J connectivity index is 2.42. The molecule has 0 atom stereocenters. The molecule has 1 heterocycles. The van der Waals surface area contributed by atoms with Crippen molar-refractivity contribution in [3.63, 3.8) is 0 Å². The Hall–Kier alpha value is -1.39. The lowest BCUT2D eigenvalue weighted by Gasteiger charge is -2.07. The average molecular weight is 411 g/mol. The summed E-state index contributed by atoms with van der Waals surface area (Å²) in [6.45, 7) is 2.87. The van der Waals surface area contributed by atoms with Crippen LogP contribution in [0.3, 0.4) is 0 Å². The number of halogens is 3. The normalized spacial score (nSPS) is 11.5. The van der Waals surface area contributed by atoms with Crippen molar-refractivity contribution in [1.82, 2.24) is 4.98 Å². The Bertz CT molecular complexity index is 865. The van der Waals surface area contributed by atoms with Gasteiger partial charge in [-0.05, 0) is 35.0 Å². The van der Waals surface area contributed by atoms with Crippen molar-refractivity contribution in [2.24, 2.45) is 0 Å². The van der Waals surface area contributed by atoms with Gasteiger partial charge in [-0.3, -0.25) is 9.52 Å². The molecular formula is C12H9BrF2N2O3S2. The van der Waals surface area contributed by atoms with Gasteiger partial charge in [0, 0.05) is 6.92 Å². The molecule has 5 nitrogen and oxygen atoms in total. The molecule has 10 heteroatoms. The zero-order valence-corrected chi connectivity index (χ0v) is 14.5. The molecule has 0 bridgehead atoms. The molecule has 1 aromatic heterocycles. The van der Waals surface area contributed by atoms with Crippen molar-refractivity contribution in [3.05, 3.63) is 38.8 Å². The molecule has 0 saturated carbocycles. The minimum absolute atomic E-state index is 0.0922. The van der Waals surface area contributed by atoms with Crippen LogP contribution in [0, 0.1) is 18.6 Å². The Labute approximate surface area is 137 Å². The molecule has 0 aliphatic carbocycles. The van der Waals surface area contributed by atoms with Gasteiger partial charge in [0.05, 0.1) is 15.0 Å². The molecule has 0 spiro atoms. The zero-order chi connectivity index (χ0) is 16.7. The van der Waals surface area contributed by atoms with E-state index in [1.807, 2.05) is 4.72 Å². The van der Waals surface area contributed by atoms with Crippen molar-refractivity contribution in [2.45, 2.75) is 18.7 Å². The summed E-state index contributed by atoms with van der Waals surface area (Å²) in [4.78, 5) is 14.7. The summed E-state index contributed by atoms with van der Waals surface area (Å²) >= 11 is 3.59. The topological polar surface area (TPSA) is 76.1 Å². The summed E-state index contributed by atoms with van der Waals surface area (Å²) in [5.74, 6) is -2.29. The third-order valence-electron chi connectivity index (χ3n) is 2.60. The van der Waals surface area contributed by atoms with Crippen LogP contribution in [0.4, 0.5) is 13.9 Å². The maximum absolute atomic E-state index is 13.8. The predicted octanol–water partition coefficient (Wildman–Crippen LogP) is 3.50. The van der Waals surface area contributed by atoms with Crippen LogP contribution in [0.2, 0.25) is 0 Å². The number of ketones is 1. The quantitative estimate of drug-likeness (QED) is 0.617. The van der Waals surface area contributed by atoms with Gasteiger partial charge >= 0.3 is 0 Å². The van der Waals surface area contributed by atoms with Crippen LogP contribution in [0.25, 0.3) is 0 Å². The van der Waals surface area contributed by atoms with E-state index in [1.165, 1.54) is 6.92 Å². The summed E-state index contributed by atoms with van der Waals surface area (Å²) in [6, 6.07) is 1.28. The fourth-order valence-electron chi connectivity index (χ4n) is 1.65. The second-order valence-electron chi connectivity index (χ2n) is 4.29. The second-order valence-corrected chi connectivity index (χ2v) is 7.80. The number of sulfonamides is 1. The van der Waals surface area contributed by atoms with Crippen LogP contribution >= 0.6 is 27.3 Å². The smallest absolute Gasteiger partial charge is 0.266 e. The highest BCUT2D eigenvalue weighted by molar-refractivity contribution is 9.10. The molecule has 0 radical (unpaired) electrons. The third kappa shape index (κ3) is 3.33. The Kier molecular flexibility index (Phi) is 4.64. The van der Waals surface area contributed by atoms with Gasteiger partial charge in [-0.25, -0.2) is 22.2 Å². The van der Waals surface area contributed by atoms with Crippen molar-refractivity contribution < 1.29 is 22.0 Å². The van der Waals surface area contributed by atoms with E-state index in [4.69, 9.17) is 0 Å². The Morgan fingerprint density at radius 1 is 1.32 bits per heavy atom. The highest BCUT2D eigenvalue weighted by Crippen LogP contribution is 2.28. The van der Waals surface area contributed by atoms with Crippen LogP contribution in [0.15, 0.2) is 21.5 Å². The van der Waals surface area contributed by atoms with Gasteiger partial charge in [0.25, 0.3) is 10.0 Å². The van der Waals surface area contributed by atoms with Crippen LogP contribution in [0.5, 0.6) is 0 Å². The summed E-state index contributed by atoms with van der Waals surface area (Å²) in [5.41, 5.74) is 0.359. The second kappa shape index (κ2) is 6.01. The number of anilines is 1. The number of benzene rings is 1. The maximum atomic E-state index is 13.8. The molecule has 0 unspecified atom stereocenters. The predicted molar refractivity (Wildman–Crippen MR) is 81.7 cm³/mol. The molecule has 0 amide bonds. The highest BCUT2D eigenvalue weighted by atomic mass is 79.9. The van der Waals surface area contributed by atoms with Crippen molar-refractivity contribution in [1.29, 1.82) is 0 Å². The lowest BCUT2D eigenvalue weighted by Crippen LogP contribution is -2.15. The van der Waals surface area contributed by atoms with Gasteiger partial charge in [0.2, 0.25) is 0 Å². The monoisotopic (exact) mass is 410 g/mol. The van der Waals surface area contributed by atoms with Crippen molar-refractivity contribution in [2.75, 3.05) is 4.72 Å². The molecule has 2 aromatic rings. The molecule has 0 fully saturated rings. The summed E-state index contributed by atoms with van der Waals surface area (Å²) in [5, 5.41) is -0.0922. The first-order chi connectivity index (χ1) is 10.1. The van der Waals surface area contributed by atoms with Gasteiger partial charge in [-0.1, -0.05) is 11.3 Å². The molecule has 1 N–H and O–H groups in total. The fourth-order valence-corrected chi connectivity index (χ4v) is 4.13. The number of Topliss-reactive ketones (excluding diaryl/α,β-unsaturated/α-hetero) is 1. The number of aryl methyl sites for hydroxylation is 1. The number of thiazole rings is 1. The first-order valence-corrected chi connectivity index (χ1v) is 8.87. The van der Waals surface area contributed by atoms with Crippen molar-refractivity contribution >= 4 is 48.2 Å². The van der Waals surface area contributed by atoms with E-state index >= 15 is 0 Å². The Morgan fingerprint density at radius 3 is 2.50 bits per heavy atom. The van der Waals surface area contributed by atoms with E-state index in [2.05, 4.69) is 20.9 Å². The lowest BCUT2D eigenvalue weighted by atomic mass is 10.3. The van der Waals surface area contributed by atoms with Gasteiger partial charge < -0.3 is 0 Å². The first-order valence-electron chi connectivity index (χ1n) is 5.77. The number of carbonyl (C=O) groups is 1. The molecule has 22 heavy (non-hydrogen) atoms. The van der Waals surface area contributed by atoms with E-state index in [0.29, 0.717) is 16.6 Å². The number of hydrogen-bond acceptors (Lipinski definition) is 5. The number of hydrogen-bond donors (Lipinski definition) is 1. The Morgan fingerprint density at radius 2 is 1.95 bits per heavy atom. The standard InChI is InChI=1S/C12H9BrF2N2O3S2/c1-5-11(6(2)18)21-12(16-5)17-22(19,20)10-4-8(14)7(13)3-9(10)15/h3-4H,1-2H3,(H,16,17). The molecule has 1 aromatic carbocycles. The van der Waals surface area contributed by atoms with Crippen LogP contribution in [-0.2, 0) is 10.0 Å². The molecule has 118 valence electrons. The van der Waals surface area contributed by atoms with Crippen LogP contribution in [0.1, 0.15) is 22.3 Å². The molecule has 0 aliphatic rings. The minimum Gasteiger partial charge on any atom is -0.294 e. The zero-order valence-electron chi connectivity index (χ0n) is 11.3. The number of aromatic nitrogens is 1. The maximum Gasteiger partial charge on any atom is 0.266 e. The number of rotatable bonds is 4. The van der Waals surface area contributed by atoms with E-state index in [1.54, 1.807) is 6.92 Å². The van der Waals surface area contributed by atoms with Crippen LogP contribution in [-0.4, -0.2) is 19.2 Å². The van der Waals surface area contributed by atoms with E-state index in [-0.39, 0.29) is 15.4 Å². The summed E-state index contributed by atoms with van der Waals surface area (Å²) in [6.07, 6.45) is 0. The molecule has 0 aliphatic heterocycles. The van der Waals surface area contributed by atoms with Gasteiger partial charge in [-0.15, -0.1) is 0 Å². The molecule has 2 rings (SSSR count). The fraction of sp³-hybridized carbons (Fsp3) is 0.167. The SMILES string of the molecule is CC(=O)c1sc(NS(=O)(=O)c2cc(F)c(Br)cc2F)nc1C. The summed E-state index contributed by atoms with van der Waals surface area (Å²) in [7, 11) is -4.36. The van der Waals surface area contributed by atoms with Gasteiger partial charge in [0.1, 0.15) is 16.5 Å². The van der Waals surface area contributed by atoms with Gasteiger partial charge in [0.15, 0.2) is 10.9 Å². The number of carbonyl (C=O) groups excluding carboxylic acids is 1. The lowest BCUT2D eigenvalue weighted by molar-refractivity contribution is 0.102. The minimum atomic E-state index is -4.36. The van der Waals surface area contributed by atoms with Crippen LogP contribution < -0.4 is 4.72 Å². The van der Waals surface area contributed by atoms with Crippen molar-refractivity contribution in [3.8, 4) is 0 Å². The number of nitrogens with zero attached hydrogens (tertiary/aromatic N) is 1. The highest BCUT2D eigenvalue weighted by Gasteiger charge is 2.23. The average Bonchev–Trinajstić information content (AvgIpc) is 2.73. The first kappa shape index (κ1) is 17.0.